The van der Waals surface area contributed by atoms with Gasteiger partial charge in [-0.1, -0.05) is 60.7 Å². The van der Waals surface area contributed by atoms with Crippen LogP contribution in [-0.4, -0.2) is 68.8 Å². The minimum Gasteiger partial charge on any atom is -0.508 e. The Morgan fingerprint density at radius 2 is 1.76 bits per heavy atom. The van der Waals surface area contributed by atoms with E-state index in [4.69, 9.17) is 4.74 Å². The Bertz CT molecular complexity index is 1530. The number of aromatic hydroxyl groups is 1. The molecule has 0 bridgehead atoms. The summed E-state index contributed by atoms with van der Waals surface area (Å²) in [6.45, 7) is 1.06. The molecule has 0 aromatic heterocycles. The molecule has 42 heavy (non-hydrogen) atoms. The van der Waals surface area contributed by atoms with Crippen molar-refractivity contribution in [1.29, 1.82) is 0 Å². The number of ketones is 1. The summed E-state index contributed by atoms with van der Waals surface area (Å²) in [6.07, 6.45) is 3.06. The van der Waals surface area contributed by atoms with E-state index in [1.807, 2.05) is 64.5 Å². The predicted octanol–water partition coefficient (Wildman–Crippen LogP) is 4.08. The van der Waals surface area contributed by atoms with Gasteiger partial charge < -0.3 is 19.8 Å². The summed E-state index contributed by atoms with van der Waals surface area (Å²) in [6, 6.07) is 22.1. The Morgan fingerprint density at radius 1 is 0.952 bits per heavy atom. The van der Waals surface area contributed by atoms with E-state index >= 15 is 0 Å². The van der Waals surface area contributed by atoms with Gasteiger partial charge in [-0.05, 0) is 47.1 Å². The fourth-order valence-electron chi connectivity index (χ4n) is 6.46. The molecule has 4 aliphatic rings. The largest absolute Gasteiger partial charge is 0.508 e. The summed E-state index contributed by atoms with van der Waals surface area (Å²) in [5.74, 6) is 0.882. The van der Waals surface area contributed by atoms with Crippen molar-refractivity contribution >= 4 is 23.5 Å². The quantitative estimate of drug-likeness (QED) is 0.430. The van der Waals surface area contributed by atoms with Crippen LogP contribution >= 0.6 is 11.8 Å². The molecule has 5 atom stereocenters. The lowest BCUT2D eigenvalue weighted by Crippen LogP contribution is -2.69. The number of hydrogen-bond donors (Lipinski definition) is 2. The van der Waals surface area contributed by atoms with Crippen LogP contribution in [-0.2, 0) is 26.7 Å². The molecular weight excluding hydrogens is 550 g/mol. The minimum absolute atomic E-state index is 0.102. The van der Waals surface area contributed by atoms with E-state index in [-0.39, 0.29) is 49.2 Å². The number of hydrogen-bond acceptors (Lipinski definition) is 8. The smallest absolute Gasteiger partial charge is 0.251 e. The number of benzene rings is 3. The van der Waals surface area contributed by atoms with Crippen LogP contribution in [0.4, 0.5) is 0 Å². The van der Waals surface area contributed by atoms with E-state index in [2.05, 4.69) is 17.1 Å². The van der Waals surface area contributed by atoms with Crippen LogP contribution in [0.2, 0.25) is 0 Å². The normalized spacial score (nSPS) is 26.8. The monoisotopic (exact) mass is 583 g/mol. The van der Waals surface area contributed by atoms with E-state index in [0.29, 0.717) is 12.3 Å². The predicted molar refractivity (Wildman–Crippen MR) is 158 cm³/mol. The minimum atomic E-state index is -1.000. The molecule has 1 aliphatic carbocycles. The number of thioether (sulfide) groups is 1. The van der Waals surface area contributed by atoms with Crippen molar-refractivity contribution in [3.8, 4) is 5.75 Å². The van der Waals surface area contributed by atoms with Crippen LogP contribution in [0, 0.1) is 11.8 Å². The molecule has 1 amide bonds. The van der Waals surface area contributed by atoms with Gasteiger partial charge in [-0.25, -0.2) is 0 Å². The first-order valence-electron chi connectivity index (χ1n) is 14.4. The molecule has 2 fully saturated rings. The molecule has 2 N–H and O–H groups in total. The van der Waals surface area contributed by atoms with Crippen LogP contribution < -0.4 is 0 Å². The van der Waals surface area contributed by atoms with E-state index in [1.165, 1.54) is 6.08 Å². The maximum Gasteiger partial charge on any atom is 0.251 e. The van der Waals surface area contributed by atoms with Gasteiger partial charge in [0.15, 0.2) is 17.9 Å². The number of ether oxygens (including phenoxy) is 1. The van der Waals surface area contributed by atoms with Crippen molar-refractivity contribution in [1.82, 2.24) is 14.9 Å². The van der Waals surface area contributed by atoms with Crippen LogP contribution in [0.1, 0.15) is 34.7 Å². The SMILES string of the molecule is O=C1C=CN2C(C(=O)N(CC3CC3CO)CN2C2c3ccccc3SCc3cccc(O)c32)C1OCc1ccccc1. The molecule has 7 rings (SSSR count). The van der Waals surface area contributed by atoms with Crippen LogP contribution in [0.5, 0.6) is 5.75 Å². The highest BCUT2D eigenvalue weighted by Crippen LogP contribution is 2.48. The number of phenolic OH excluding ortho intramolecular Hbond substituents is 1. The van der Waals surface area contributed by atoms with Gasteiger partial charge in [0.2, 0.25) is 0 Å². The topological polar surface area (TPSA) is 93.6 Å². The number of hydrazine groups is 1. The Morgan fingerprint density at radius 3 is 2.57 bits per heavy atom. The second-order valence-electron chi connectivity index (χ2n) is 11.4. The summed E-state index contributed by atoms with van der Waals surface area (Å²) in [5.41, 5.74) is 3.77. The van der Waals surface area contributed by atoms with Crippen molar-refractivity contribution in [2.75, 3.05) is 19.8 Å². The Kier molecular flexibility index (Phi) is 7.27. The zero-order valence-electron chi connectivity index (χ0n) is 23.1. The Hall–Kier alpha value is -3.63. The first-order chi connectivity index (χ1) is 20.5. The fourth-order valence-corrected chi connectivity index (χ4v) is 7.54. The van der Waals surface area contributed by atoms with E-state index in [1.54, 1.807) is 24.0 Å². The van der Waals surface area contributed by atoms with Gasteiger partial charge in [-0.2, -0.15) is 5.01 Å². The highest BCUT2D eigenvalue weighted by Gasteiger charge is 2.52. The van der Waals surface area contributed by atoms with Gasteiger partial charge in [0, 0.05) is 41.6 Å². The molecule has 1 saturated carbocycles. The second-order valence-corrected chi connectivity index (χ2v) is 12.4. The van der Waals surface area contributed by atoms with Crippen molar-refractivity contribution in [3.05, 3.63) is 107 Å². The molecule has 0 spiro atoms. The van der Waals surface area contributed by atoms with Gasteiger partial charge in [-0.3, -0.25) is 14.6 Å². The number of phenols is 1. The Labute approximate surface area is 249 Å². The summed E-state index contributed by atoms with van der Waals surface area (Å²) in [4.78, 5) is 30.5. The summed E-state index contributed by atoms with van der Waals surface area (Å²) >= 11 is 1.73. The molecule has 1 saturated heterocycles. The van der Waals surface area contributed by atoms with Crippen molar-refractivity contribution in [2.45, 2.75) is 41.9 Å². The highest BCUT2D eigenvalue weighted by molar-refractivity contribution is 7.98. The van der Waals surface area contributed by atoms with Crippen LogP contribution in [0.3, 0.4) is 0 Å². The van der Waals surface area contributed by atoms with Gasteiger partial charge in [0.05, 0.1) is 19.3 Å². The number of rotatable bonds is 7. The fraction of sp³-hybridized carbons (Fsp3) is 0.333. The number of carbonyl (C=O) groups is 2. The van der Waals surface area contributed by atoms with Crippen molar-refractivity contribution in [2.24, 2.45) is 11.8 Å². The van der Waals surface area contributed by atoms with Gasteiger partial charge in [0.1, 0.15) is 5.75 Å². The average molecular weight is 584 g/mol. The molecule has 0 radical (unpaired) electrons. The maximum atomic E-state index is 14.2. The molecule has 216 valence electrons. The molecule has 8 nitrogen and oxygen atoms in total. The number of amides is 1. The van der Waals surface area contributed by atoms with Gasteiger partial charge in [-0.15, -0.1) is 11.8 Å². The van der Waals surface area contributed by atoms with Crippen molar-refractivity contribution in [3.63, 3.8) is 0 Å². The zero-order valence-corrected chi connectivity index (χ0v) is 23.9. The summed E-state index contributed by atoms with van der Waals surface area (Å²) in [7, 11) is 0. The number of aliphatic hydroxyl groups is 1. The number of aliphatic hydroxyl groups excluding tert-OH is 1. The Balaban J connectivity index is 1.32. The third-order valence-corrected chi connectivity index (χ3v) is 9.93. The molecule has 3 aromatic carbocycles. The molecule has 5 unspecified atom stereocenters. The highest BCUT2D eigenvalue weighted by atomic mass is 32.2. The zero-order chi connectivity index (χ0) is 28.8. The lowest BCUT2D eigenvalue weighted by Gasteiger charge is -2.53. The molecule has 9 heteroatoms. The van der Waals surface area contributed by atoms with Crippen LogP contribution in [0.25, 0.3) is 0 Å². The van der Waals surface area contributed by atoms with E-state index in [9.17, 15) is 19.8 Å². The van der Waals surface area contributed by atoms with Gasteiger partial charge in [0.25, 0.3) is 5.91 Å². The summed E-state index contributed by atoms with van der Waals surface area (Å²) in [5, 5.41) is 25.0. The lowest BCUT2D eigenvalue weighted by molar-refractivity contribution is -0.190. The third-order valence-electron chi connectivity index (χ3n) is 8.79. The van der Waals surface area contributed by atoms with Gasteiger partial charge >= 0.3 is 0 Å². The third kappa shape index (κ3) is 4.90. The van der Waals surface area contributed by atoms with E-state index in [0.717, 1.165) is 33.6 Å². The maximum absolute atomic E-state index is 14.2. The molecule has 3 aliphatic heterocycles. The number of nitrogens with zero attached hydrogens (tertiary/aromatic N) is 3. The standard InChI is InChI=1S/C33H33N3O5S/c37-17-24-15-23(24)16-34-20-36(30-25-10-4-5-12-28(25)42-19-22-9-6-11-26(38)29(22)30)35-14-13-27(39)32(31(35)33(34)40)41-18-21-7-2-1-3-8-21/h1-14,23-24,30-32,37-38H,15-20H2. The number of carbonyl (C=O) groups excluding carboxylic acids is 2. The van der Waals surface area contributed by atoms with Crippen molar-refractivity contribution < 1.29 is 24.5 Å². The molecular formula is C33H33N3O5S. The first kappa shape index (κ1) is 27.2. The van der Waals surface area contributed by atoms with E-state index < -0.39 is 18.2 Å². The lowest BCUT2D eigenvalue weighted by atomic mass is 9.92. The molecule has 3 heterocycles. The number of fused-ring (bicyclic) bond motifs is 3. The van der Waals surface area contributed by atoms with Crippen LogP contribution in [0.15, 0.2) is 90.0 Å². The molecule has 3 aromatic rings. The summed E-state index contributed by atoms with van der Waals surface area (Å²) < 4.78 is 6.25. The average Bonchev–Trinajstić information content (AvgIpc) is 3.80. The second kappa shape index (κ2) is 11.2. The first-order valence-corrected chi connectivity index (χ1v) is 15.4.